The highest BCUT2D eigenvalue weighted by molar-refractivity contribution is 6.39. The molecule has 240 valence electrons. The van der Waals surface area contributed by atoms with Crippen molar-refractivity contribution < 1.29 is 0 Å². The van der Waals surface area contributed by atoms with E-state index in [4.69, 9.17) is 0 Å². The molecule has 12 aromatic rings. The van der Waals surface area contributed by atoms with E-state index in [-0.39, 0.29) is 0 Å². The lowest BCUT2D eigenvalue weighted by atomic mass is 9.87. The number of aromatic nitrogens is 2. The van der Waals surface area contributed by atoms with Crippen LogP contribution in [0.2, 0.25) is 0 Å². The minimum atomic E-state index is 1.17. The van der Waals surface area contributed by atoms with E-state index in [0.29, 0.717) is 0 Å². The Bertz CT molecular complexity index is 3130. The van der Waals surface area contributed by atoms with E-state index < -0.39 is 0 Å². The minimum absolute atomic E-state index is 1.17. The highest BCUT2D eigenvalue weighted by atomic mass is 15.0. The first kappa shape index (κ1) is 27.9. The van der Waals surface area contributed by atoms with Gasteiger partial charge in [0.2, 0.25) is 0 Å². The summed E-state index contributed by atoms with van der Waals surface area (Å²) in [5.41, 5.74) is 7.23. The number of hydrogen-bond donors (Lipinski definition) is 0. The maximum absolute atomic E-state index is 2.44. The molecule has 0 N–H and O–H groups in total. The van der Waals surface area contributed by atoms with Gasteiger partial charge in [-0.2, -0.15) is 0 Å². The lowest BCUT2D eigenvalue weighted by Crippen LogP contribution is -1.96. The van der Waals surface area contributed by atoms with Gasteiger partial charge in [0, 0.05) is 32.9 Å². The topological polar surface area (TPSA) is 9.86 Å². The Hall–Kier alpha value is -6.90. The molecule has 0 saturated heterocycles. The molecule has 0 amide bonds. The van der Waals surface area contributed by atoms with E-state index in [1.54, 1.807) is 0 Å². The van der Waals surface area contributed by atoms with Crippen LogP contribution in [0.4, 0.5) is 0 Å². The zero-order valence-corrected chi connectivity index (χ0v) is 28.2. The van der Waals surface area contributed by atoms with E-state index in [0.717, 1.165) is 0 Å². The van der Waals surface area contributed by atoms with E-state index in [1.807, 2.05) is 0 Å². The van der Waals surface area contributed by atoms with Crippen molar-refractivity contribution in [2.24, 2.45) is 0 Å². The summed E-state index contributed by atoms with van der Waals surface area (Å²) in [6, 6.07) is 67.3. The van der Waals surface area contributed by atoms with Crippen molar-refractivity contribution in [2.75, 3.05) is 0 Å². The van der Waals surface area contributed by atoms with Crippen LogP contribution in [0.25, 0.3) is 109 Å². The van der Waals surface area contributed by atoms with Crippen molar-refractivity contribution >= 4 is 97.5 Å². The van der Waals surface area contributed by atoms with Crippen LogP contribution in [0.1, 0.15) is 0 Å². The van der Waals surface area contributed by atoms with Gasteiger partial charge >= 0.3 is 0 Å². The standard InChI is InChI=1S/C50H30N2/c1-3-19-41-33(13-1)34-14-2-4-20-42(34)50-44-30-32(52-47-23-11-7-17-39(47)40-18-8-12-24-48(40)52)26-28-36(44)35-27-25-31(29-43(35)49(41)50)51-45-21-9-5-15-37(45)38-16-6-10-22-46(38)51/h1-30H. The quantitative estimate of drug-likeness (QED) is 0.164. The summed E-state index contributed by atoms with van der Waals surface area (Å²) >= 11 is 0. The smallest absolute Gasteiger partial charge is 0.0541 e. The summed E-state index contributed by atoms with van der Waals surface area (Å²) in [7, 11) is 0. The Morgan fingerprint density at radius 2 is 0.481 bits per heavy atom. The van der Waals surface area contributed by atoms with Crippen LogP contribution in [0.3, 0.4) is 0 Å². The first-order valence-corrected chi connectivity index (χ1v) is 18.0. The van der Waals surface area contributed by atoms with Crippen molar-refractivity contribution in [2.45, 2.75) is 0 Å². The third kappa shape index (κ3) is 3.63. The molecule has 0 fully saturated rings. The fourth-order valence-electron chi connectivity index (χ4n) is 9.33. The molecule has 0 saturated carbocycles. The molecule has 0 radical (unpaired) electrons. The van der Waals surface area contributed by atoms with Gasteiger partial charge in [0.1, 0.15) is 0 Å². The zero-order chi connectivity index (χ0) is 33.9. The number of nitrogens with zero attached hydrogens (tertiary/aromatic N) is 2. The van der Waals surface area contributed by atoms with Gasteiger partial charge in [-0.1, -0.05) is 133 Å². The minimum Gasteiger partial charge on any atom is -0.309 e. The average molecular weight is 659 g/mol. The second kappa shape index (κ2) is 10.3. The summed E-state index contributed by atoms with van der Waals surface area (Å²) in [5.74, 6) is 0. The average Bonchev–Trinajstić information content (AvgIpc) is 3.73. The Morgan fingerprint density at radius 1 is 0.212 bits per heavy atom. The molecular formula is C50H30N2. The molecule has 0 atom stereocenters. The van der Waals surface area contributed by atoms with Crippen molar-refractivity contribution in [3.8, 4) is 11.4 Å². The molecule has 12 rings (SSSR count). The van der Waals surface area contributed by atoms with E-state index in [1.165, 1.54) is 109 Å². The maximum atomic E-state index is 2.44. The lowest BCUT2D eigenvalue weighted by molar-refractivity contribution is 1.18. The molecule has 2 nitrogen and oxygen atoms in total. The van der Waals surface area contributed by atoms with Gasteiger partial charge in [-0.15, -0.1) is 0 Å². The van der Waals surface area contributed by atoms with E-state index in [2.05, 4.69) is 191 Å². The van der Waals surface area contributed by atoms with Crippen molar-refractivity contribution in [3.63, 3.8) is 0 Å². The fourth-order valence-corrected chi connectivity index (χ4v) is 9.33. The van der Waals surface area contributed by atoms with Gasteiger partial charge in [0.15, 0.2) is 0 Å². The molecule has 0 aliphatic carbocycles. The molecule has 10 aromatic carbocycles. The Balaban J connectivity index is 1.27. The molecule has 2 heterocycles. The van der Waals surface area contributed by atoms with Gasteiger partial charge in [-0.25, -0.2) is 0 Å². The van der Waals surface area contributed by atoms with Crippen LogP contribution in [-0.4, -0.2) is 9.13 Å². The van der Waals surface area contributed by atoms with Gasteiger partial charge < -0.3 is 9.13 Å². The molecule has 0 unspecified atom stereocenters. The summed E-state index contributed by atoms with van der Waals surface area (Å²) in [5, 5.41) is 17.9. The van der Waals surface area contributed by atoms with Crippen molar-refractivity contribution in [1.82, 2.24) is 9.13 Å². The molecule has 2 aromatic heterocycles. The van der Waals surface area contributed by atoms with E-state index >= 15 is 0 Å². The summed E-state index contributed by atoms with van der Waals surface area (Å²) in [6.07, 6.45) is 0. The largest absolute Gasteiger partial charge is 0.309 e. The van der Waals surface area contributed by atoms with E-state index in [9.17, 15) is 0 Å². The summed E-state index contributed by atoms with van der Waals surface area (Å²) in [6.45, 7) is 0. The second-order valence-electron chi connectivity index (χ2n) is 14.0. The van der Waals surface area contributed by atoms with Crippen LogP contribution in [0.15, 0.2) is 182 Å². The predicted molar refractivity (Wildman–Crippen MR) is 223 cm³/mol. The molecule has 0 aliphatic rings. The number of para-hydroxylation sites is 4. The number of hydrogen-bond acceptors (Lipinski definition) is 0. The SMILES string of the molecule is c1ccc2c(c1)c1ccccc1c1c3cc(-n4c5ccccc5c5ccccc54)ccc3c3ccc(-n4c5ccccc5c5ccccc54)cc3c21. The van der Waals surface area contributed by atoms with Crippen molar-refractivity contribution in [3.05, 3.63) is 182 Å². The van der Waals surface area contributed by atoms with Crippen LogP contribution in [0, 0.1) is 0 Å². The van der Waals surface area contributed by atoms with Crippen LogP contribution in [-0.2, 0) is 0 Å². The number of rotatable bonds is 2. The third-order valence-corrected chi connectivity index (χ3v) is 11.4. The Labute approximate surface area is 299 Å². The molecule has 0 spiro atoms. The van der Waals surface area contributed by atoms with Gasteiger partial charge in [0.25, 0.3) is 0 Å². The zero-order valence-electron chi connectivity index (χ0n) is 28.2. The highest BCUT2D eigenvalue weighted by Gasteiger charge is 2.19. The molecule has 2 heteroatoms. The monoisotopic (exact) mass is 658 g/mol. The highest BCUT2D eigenvalue weighted by Crippen LogP contribution is 2.46. The third-order valence-electron chi connectivity index (χ3n) is 11.4. The van der Waals surface area contributed by atoms with Crippen LogP contribution in [0.5, 0.6) is 0 Å². The fraction of sp³-hybridized carbons (Fsp3) is 0. The Morgan fingerprint density at radius 3 is 0.827 bits per heavy atom. The first-order valence-electron chi connectivity index (χ1n) is 18.0. The lowest BCUT2D eigenvalue weighted by Gasteiger charge is -2.19. The van der Waals surface area contributed by atoms with Gasteiger partial charge in [-0.3, -0.25) is 0 Å². The second-order valence-corrected chi connectivity index (χ2v) is 14.0. The normalized spacial score (nSPS) is 12.2. The van der Waals surface area contributed by atoms with Crippen LogP contribution < -0.4 is 0 Å². The van der Waals surface area contributed by atoms with Crippen molar-refractivity contribution in [1.29, 1.82) is 0 Å². The first-order chi connectivity index (χ1) is 25.8. The molecule has 52 heavy (non-hydrogen) atoms. The summed E-state index contributed by atoms with van der Waals surface area (Å²) in [4.78, 5) is 0. The number of benzene rings is 10. The number of fused-ring (bicyclic) bond motifs is 17. The van der Waals surface area contributed by atoms with Gasteiger partial charge in [0.05, 0.1) is 22.1 Å². The maximum Gasteiger partial charge on any atom is 0.0541 e. The predicted octanol–water partition coefficient (Wildman–Crippen LogP) is 13.6. The molecule has 0 aliphatic heterocycles. The Kier molecular flexibility index (Phi) is 5.53. The van der Waals surface area contributed by atoms with Gasteiger partial charge in [-0.05, 0) is 102 Å². The van der Waals surface area contributed by atoms with Crippen LogP contribution >= 0.6 is 0 Å². The molecular weight excluding hydrogens is 629 g/mol. The summed E-state index contributed by atoms with van der Waals surface area (Å²) < 4.78 is 4.88. The molecule has 0 bridgehead atoms.